The maximum absolute atomic E-state index is 11.2. The number of rotatable bonds is 3. The van der Waals surface area contributed by atoms with Crippen molar-refractivity contribution in [2.45, 2.75) is 25.0 Å². The Hall–Kier alpha value is -1.68. The van der Waals surface area contributed by atoms with Gasteiger partial charge < -0.3 is 5.11 Å². The van der Waals surface area contributed by atoms with E-state index in [4.69, 9.17) is 0 Å². The van der Waals surface area contributed by atoms with E-state index < -0.39 is 5.60 Å². The van der Waals surface area contributed by atoms with Gasteiger partial charge in [-0.05, 0) is 35.2 Å². The SMILES string of the molecule is OC1(c2cccc3ccsc23)CCN(Cc2ccccc2)CC1. The molecule has 1 aliphatic rings. The number of hydrogen-bond acceptors (Lipinski definition) is 3. The highest BCUT2D eigenvalue weighted by Crippen LogP contribution is 2.39. The second-order valence-electron chi connectivity index (χ2n) is 6.44. The van der Waals surface area contributed by atoms with Crippen molar-refractivity contribution in [1.82, 2.24) is 4.90 Å². The number of hydrogen-bond donors (Lipinski definition) is 1. The third kappa shape index (κ3) is 2.92. The molecule has 118 valence electrons. The fraction of sp³-hybridized carbons (Fsp3) is 0.300. The van der Waals surface area contributed by atoms with E-state index in [0.29, 0.717) is 0 Å². The quantitative estimate of drug-likeness (QED) is 0.773. The van der Waals surface area contributed by atoms with Gasteiger partial charge in [0.1, 0.15) is 0 Å². The Balaban J connectivity index is 1.51. The summed E-state index contributed by atoms with van der Waals surface area (Å²) < 4.78 is 1.24. The molecule has 0 amide bonds. The van der Waals surface area contributed by atoms with Gasteiger partial charge in [0.2, 0.25) is 0 Å². The van der Waals surface area contributed by atoms with Gasteiger partial charge in [-0.1, -0.05) is 48.5 Å². The summed E-state index contributed by atoms with van der Waals surface area (Å²) in [6, 6.07) is 19.0. The van der Waals surface area contributed by atoms with Crippen LogP contribution in [0.5, 0.6) is 0 Å². The summed E-state index contributed by atoms with van der Waals surface area (Å²) in [6.07, 6.45) is 1.60. The predicted molar refractivity (Wildman–Crippen MR) is 96.7 cm³/mol. The molecule has 1 aliphatic heterocycles. The lowest BCUT2D eigenvalue weighted by molar-refractivity contribution is -0.0264. The van der Waals surface area contributed by atoms with Gasteiger partial charge in [-0.25, -0.2) is 0 Å². The van der Waals surface area contributed by atoms with Crippen molar-refractivity contribution in [3.05, 3.63) is 71.1 Å². The molecule has 0 radical (unpaired) electrons. The fourth-order valence-corrected chi connectivity index (χ4v) is 4.56. The van der Waals surface area contributed by atoms with E-state index >= 15 is 0 Å². The summed E-state index contributed by atoms with van der Waals surface area (Å²) in [7, 11) is 0. The molecule has 2 aromatic carbocycles. The topological polar surface area (TPSA) is 23.5 Å². The third-order valence-corrected chi connectivity index (χ3v) is 5.88. The maximum Gasteiger partial charge on any atom is 0.0934 e. The number of benzene rings is 2. The minimum absolute atomic E-state index is 0.683. The van der Waals surface area contributed by atoms with Crippen molar-refractivity contribution >= 4 is 21.4 Å². The Morgan fingerprint density at radius 3 is 2.52 bits per heavy atom. The van der Waals surface area contributed by atoms with E-state index in [1.54, 1.807) is 11.3 Å². The second-order valence-corrected chi connectivity index (χ2v) is 7.35. The third-order valence-electron chi connectivity index (χ3n) is 4.91. The fourth-order valence-electron chi connectivity index (χ4n) is 3.55. The van der Waals surface area contributed by atoms with Crippen molar-refractivity contribution in [3.8, 4) is 0 Å². The molecular formula is C20H21NOS. The lowest BCUT2D eigenvalue weighted by Crippen LogP contribution is -2.42. The van der Waals surface area contributed by atoms with Crippen LogP contribution < -0.4 is 0 Å². The predicted octanol–water partition coefficient (Wildman–Crippen LogP) is 4.38. The number of thiophene rings is 1. The number of nitrogens with zero attached hydrogens (tertiary/aromatic N) is 1. The van der Waals surface area contributed by atoms with E-state index in [-0.39, 0.29) is 0 Å². The van der Waals surface area contributed by atoms with Crippen LogP contribution in [-0.2, 0) is 12.1 Å². The lowest BCUT2D eigenvalue weighted by Gasteiger charge is -2.38. The Labute approximate surface area is 141 Å². The largest absolute Gasteiger partial charge is 0.385 e. The molecule has 0 bridgehead atoms. The molecule has 0 atom stereocenters. The molecule has 2 heterocycles. The summed E-state index contributed by atoms with van der Waals surface area (Å²) in [4.78, 5) is 2.44. The number of likely N-dealkylation sites (tertiary alicyclic amines) is 1. The zero-order valence-electron chi connectivity index (χ0n) is 13.1. The molecule has 23 heavy (non-hydrogen) atoms. The molecular weight excluding hydrogens is 302 g/mol. The van der Waals surface area contributed by atoms with Crippen LogP contribution in [0.1, 0.15) is 24.0 Å². The first-order chi connectivity index (χ1) is 11.2. The summed E-state index contributed by atoms with van der Waals surface area (Å²) in [5.74, 6) is 0. The molecule has 4 rings (SSSR count). The van der Waals surface area contributed by atoms with Crippen LogP contribution in [0, 0.1) is 0 Å². The van der Waals surface area contributed by atoms with Crippen LogP contribution in [0.3, 0.4) is 0 Å². The molecule has 1 N–H and O–H groups in total. The molecule has 1 saturated heterocycles. The van der Waals surface area contributed by atoms with Gasteiger partial charge in [-0.15, -0.1) is 11.3 Å². The van der Waals surface area contributed by atoms with Crippen molar-refractivity contribution in [2.75, 3.05) is 13.1 Å². The molecule has 0 aliphatic carbocycles. The van der Waals surface area contributed by atoms with E-state index in [0.717, 1.165) is 38.0 Å². The van der Waals surface area contributed by atoms with Gasteiger partial charge in [-0.3, -0.25) is 4.90 Å². The molecule has 3 aromatic rings. The van der Waals surface area contributed by atoms with E-state index in [2.05, 4.69) is 64.9 Å². The van der Waals surface area contributed by atoms with Gasteiger partial charge in [0.25, 0.3) is 0 Å². The minimum Gasteiger partial charge on any atom is -0.385 e. The van der Waals surface area contributed by atoms with Crippen LogP contribution >= 0.6 is 11.3 Å². The first-order valence-corrected chi connectivity index (χ1v) is 9.08. The minimum atomic E-state index is -0.683. The standard InChI is InChI=1S/C20H21NOS/c22-20(18-8-4-7-17-9-14-23-19(17)18)10-12-21(13-11-20)15-16-5-2-1-3-6-16/h1-9,14,22H,10-13,15H2. The molecule has 3 heteroatoms. The highest BCUT2D eigenvalue weighted by molar-refractivity contribution is 7.17. The summed E-state index contributed by atoms with van der Waals surface area (Å²) >= 11 is 1.74. The van der Waals surface area contributed by atoms with Crippen LogP contribution in [0.4, 0.5) is 0 Å². The maximum atomic E-state index is 11.2. The Morgan fingerprint density at radius 2 is 1.74 bits per heavy atom. The van der Waals surface area contributed by atoms with Crippen LogP contribution in [0.25, 0.3) is 10.1 Å². The van der Waals surface area contributed by atoms with Gasteiger partial charge in [0, 0.05) is 29.9 Å². The Morgan fingerprint density at radius 1 is 0.957 bits per heavy atom. The van der Waals surface area contributed by atoms with Crippen LogP contribution in [0.15, 0.2) is 60.0 Å². The van der Waals surface area contributed by atoms with Gasteiger partial charge in [0.05, 0.1) is 5.60 Å². The monoisotopic (exact) mass is 323 g/mol. The van der Waals surface area contributed by atoms with E-state index in [1.165, 1.54) is 15.6 Å². The second kappa shape index (κ2) is 6.08. The zero-order valence-corrected chi connectivity index (χ0v) is 13.9. The van der Waals surface area contributed by atoms with Crippen LogP contribution in [0.2, 0.25) is 0 Å². The first-order valence-electron chi connectivity index (χ1n) is 8.20. The Kier molecular flexibility index (Phi) is 3.93. The van der Waals surface area contributed by atoms with Crippen molar-refractivity contribution in [2.24, 2.45) is 0 Å². The van der Waals surface area contributed by atoms with Crippen LogP contribution in [-0.4, -0.2) is 23.1 Å². The first kappa shape index (κ1) is 14.9. The Bertz CT molecular complexity index is 788. The molecule has 0 unspecified atom stereocenters. The number of fused-ring (bicyclic) bond motifs is 1. The van der Waals surface area contributed by atoms with Crippen molar-refractivity contribution < 1.29 is 5.11 Å². The van der Waals surface area contributed by atoms with Crippen molar-refractivity contribution in [3.63, 3.8) is 0 Å². The molecule has 0 spiro atoms. The highest BCUT2D eigenvalue weighted by Gasteiger charge is 2.35. The molecule has 1 fully saturated rings. The number of aliphatic hydroxyl groups is 1. The van der Waals surface area contributed by atoms with E-state index in [9.17, 15) is 5.11 Å². The normalized spacial score (nSPS) is 18.3. The summed E-state index contributed by atoms with van der Waals surface area (Å²) in [5, 5.41) is 14.6. The average molecular weight is 323 g/mol. The molecule has 0 saturated carbocycles. The lowest BCUT2D eigenvalue weighted by atomic mass is 9.84. The summed E-state index contributed by atoms with van der Waals surface area (Å²) in [5.41, 5.74) is 1.78. The highest BCUT2D eigenvalue weighted by atomic mass is 32.1. The van der Waals surface area contributed by atoms with Crippen molar-refractivity contribution in [1.29, 1.82) is 0 Å². The molecule has 2 nitrogen and oxygen atoms in total. The summed E-state index contributed by atoms with van der Waals surface area (Å²) in [6.45, 7) is 2.85. The van der Waals surface area contributed by atoms with Gasteiger partial charge in [-0.2, -0.15) is 0 Å². The van der Waals surface area contributed by atoms with Gasteiger partial charge >= 0.3 is 0 Å². The van der Waals surface area contributed by atoms with E-state index in [1.807, 2.05) is 0 Å². The molecule has 1 aromatic heterocycles. The zero-order chi connectivity index (χ0) is 15.7. The smallest absolute Gasteiger partial charge is 0.0934 e. The van der Waals surface area contributed by atoms with Gasteiger partial charge in [0.15, 0.2) is 0 Å². The average Bonchev–Trinajstić information content (AvgIpc) is 3.06. The number of piperidine rings is 1.